The maximum atomic E-state index is 6.09. The predicted octanol–water partition coefficient (Wildman–Crippen LogP) is 4.33. The molecule has 4 heteroatoms. The lowest BCUT2D eigenvalue weighted by atomic mass is 10.2. The van der Waals surface area contributed by atoms with E-state index in [1.54, 1.807) is 12.4 Å². The summed E-state index contributed by atoms with van der Waals surface area (Å²) in [5.41, 5.74) is 3.11. The average Bonchev–Trinajstić information content (AvgIpc) is 3.10. The maximum absolute atomic E-state index is 6.09. The summed E-state index contributed by atoms with van der Waals surface area (Å²) >= 11 is 0. The Hall–Kier alpha value is -2.62. The van der Waals surface area contributed by atoms with Gasteiger partial charge in [0.05, 0.1) is 16.6 Å². The van der Waals surface area contributed by atoms with E-state index in [9.17, 15) is 0 Å². The highest BCUT2D eigenvalue weighted by Crippen LogP contribution is 2.31. The normalized spacial score (nSPS) is 14.4. The van der Waals surface area contributed by atoms with Gasteiger partial charge in [0.25, 0.3) is 0 Å². The number of ether oxygens (including phenoxy) is 1. The number of aryl methyl sites for hydroxylation is 1. The summed E-state index contributed by atoms with van der Waals surface area (Å²) in [6, 6.07) is 12.1. The number of rotatable bonds is 3. The lowest BCUT2D eigenvalue weighted by molar-refractivity contribution is 0.487. The minimum Gasteiger partial charge on any atom is -0.457 e. The van der Waals surface area contributed by atoms with E-state index in [0.717, 1.165) is 41.2 Å². The minimum absolute atomic E-state index is 0.800. The second kappa shape index (κ2) is 5.88. The first-order chi connectivity index (χ1) is 11.3. The number of aromatic nitrogens is 2. The van der Waals surface area contributed by atoms with Crippen molar-refractivity contribution in [3.05, 3.63) is 54.5 Å². The van der Waals surface area contributed by atoms with Gasteiger partial charge in [-0.1, -0.05) is 0 Å². The Labute approximate surface area is 135 Å². The summed E-state index contributed by atoms with van der Waals surface area (Å²) in [5, 5.41) is 0.971. The summed E-state index contributed by atoms with van der Waals surface area (Å²) < 4.78 is 6.09. The van der Waals surface area contributed by atoms with Gasteiger partial charge in [0.2, 0.25) is 0 Å². The molecule has 0 radical (unpaired) electrons. The maximum Gasteiger partial charge on any atom is 0.140 e. The molecule has 23 heavy (non-hydrogen) atoms. The molecule has 1 aromatic carbocycles. The molecule has 1 saturated heterocycles. The minimum atomic E-state index is 0.800. The highest BCUT2D eigenvalue weighted by Gasteiger charge is 2.12. The lowest BCUT2D eigenvalue weighted by Gasteiger charge is -2.18. The molecule has 0 unspecified atom stereocenters. The highest BCUT2D eigenvalue weighted by molar-refractivity contribution is 5.86. The van der Waals surface area contributed by atoms with Gasteiger partial charge in [0.1, 0.15) is 11.5 Å². The fraction of sp³-hybridized carbons (Fsp3) is 0.263. The van der Waals surface area contributed by atoms with Crippen LogP contribution in [0.1, 0.15) is 18.5 Å². The largest absolute Gasteiger partial charge is 0.457 e. The van der Waals surface area contributed by atoms with Crippen molar-refractivity contribution in [3.8, 4) is 11.5 Å². The quantitative estimate of drug-likeness (QED) is 0.722. The smallest absolute Gasteiger partial charge is 0.140 e. The van der Waals surface area contributed by atoms with Gasteiger partial charge in [0.15, 0.2) is 0 Å². The van der Waals surface area contributed by atoms with Gasteiger partial charge in [-0.15, -0.1) is 0 Å². The number of nitrogens with zero attached hydrogens (tertiary/aromatic N) is 3. The van der Waals surface area contributed by atoms with Crippen molar-refractivity contribution < 1.29 is 4.74 Å². The Kier molecular flexibility index (Phi) is 3.58. The average molecular weight is 305 g/mol. The summed E-state index contributed by atoms with van der Waals surface area (Å²) in [6.45, 7) is 4.29. The van der Waals surface area contributed by atoms with Gasteiger partial charge in [0, 0.05) is 31.2 Å². The fourth-order valence-electron chi connectivity index (χ4n) is 3.15. The van der Waals surface area contributed by atoms with E-state index < -0.39 is 0 Å². The Bertz CT molecular complexity index is 818. The van der Waals surface area contributed by atoms with Crippen molar-refractivity contribution in [1.29, 1.82) is 0 Å². The van der Waals surface area contributed by atoms with E-state index in [0.29, 0.717) is 0 Å². The van der Waals surface area contributed by atoms with Crippen LogP contribution in [0.4, 0.5) is 5.69 Å². The summed E-state index contributed by atoms with van der Waals surface area (Å²) in [6.07, 6.45) is 6.12. The van der Waals surface area contributed by atoms with Gasteiger partial charge in [-0.05, 0) is 56.2 Å². The van der Waals surface area contributed by atoms with Crippen molar-refractivity contribution in [2.45, 2.75) is 19.8 Å². The zero-order valence-electron chi connectivity index (χ0n) is 13.2. The van der Waals surface area contributed by atoms with E-state index in [-0.39, 0.29) is 0 Å². The molecule has 1 aliphatic heterocycles. The second-order valence-electron chi connectivity index (χ2n) is 5.89. The van der Waals surface area contributed by atoms with E-state index in [1.807, 2.05) is 31.2 Å². The first-order valence-corrected chi connectivity index (χ1v) is 8.04. The van der Waals surface area contributed by atoms with Crippen LogP contribution in [0.25, 0.3) is 10.9 Å². The molecular formula is C19H19N3O. The third-order valence-corrected chi connectivity index (χ3v) is 4.34. The van der Waals surface area contributed by atoms with Crippen LogP contribution in [0.2, 0.25) is 0 Å². The van der Waals surface area contributed by atoms with E-state index in [1.165, 1.54) is 18.5 Å². The van der Waals surface area contributed by atoms with Gasteiger partial charge in [-0.2, -0.15) is 0 Å². The van der Waals surface area contributed by atoms with Gasteiger partial charge in [-0.25, -0.2) is 0 Å². The van der Waals surface area contributed by atoms with Crippen molar-refractivity contribution in [2.24, 2.45) is 0 Å². The van der Waals surface area contributed by atoms with Crippen LogP contribution in [0.3, 0.4) is 0 Å². The number of benzene rings is 1. The molecule has 0 bridgehead atoms. The molecule has 3 aromatic rings. The van der Waals surface area contributed by atoms with Crippen LogP contribution < -0.4 is 9.64 Å². The number of anilines is 1. The van der Waals surface area contributed by atoms with Crippen LogP contribution in [0, 0.1) is 6.92 Å². The molecule has 0 aliphatic carbocycles. The monoisotopic (exact) mass is 305 g/mol. The van der Waals surface area contributed by atoms with E-state index in [2.05, 4.69) is 27.0 Å². The fourth-order valence-corrected chi connectivity index (χ4v) is 3.15. The van der Waals surface area contributed by atoms with Crippen LogP contribution in [0.5, 0.6) is 11.5 Å². The third-order valence-electron chi connectivity index (χ3n) is 4.34. The Morgan fingerprint density at radius 2 is 1.65 bits per heavy atom. The van der Waals surface area contributed by atoms with E-state index >= 15 is 0 Å². The molecule has 4 rings (SSSR count). The number of fused-ring (bicyclic) bond motifs is 1. The highest BCUT2D eigenvalue weighted by atomic mass is 16.5. The molecule has 1 fully saturated rings. The molecule has 0 N–H and O–H groups in total. The molecule has 1 aliphatic rings. The molecule has 3 heterocycles. The van der Waals surface area contributed by atoms with Crippen molar-refractivity contribution in [1.82, 2.24) is 9.97 Å². The van der Waals surface area contributed by atoms with Crippen LogP contribution in [-0.4, -0.2) is 23.1 Å². The predicted molar refractivity (Wildman–Crippen MR) is 92.2 cm³/mol. The Balaban J connectivity index is 1.63. The number of hydrogen-bond donors (Lipinski definition) is 0. The molecule has 4 nitrogen and oxygen atoms in total. The SMILES string of the molecule is Cc1nccc2nccc(Oc3ccc(N4CCCC4)cc3)c12. The zero-order valence-corrected chi connectivity index (χ0v) is 13.2. The standard InChI is InChI=1S/C19H19N3O/c1-14-19-17(8-10-20-14)21-11-9-18(19)23-16-6-4-15(5-7-16)22-12-2-3-13-22/h4-11H,2-3,12-13H2,1H3. The third kappa shape index (κ3) is 2.72. The lowest BCUT2D eigenvalue weighted by Crippen LogP contribution is -2.17. The number of hydrogen-bond acceptors (Lipinski definition) is 4. The van der Waals surface area contributed by atoms with Crippen LogP contribution in [-0.2, 0) is 0 Å². The first-order valence-electron chi connectivity index (χ1n) is 8.04. The topological polar surface area (TPSA) is 38.3 Å². The molecule has 0 spiro atoms. The molecule has 2 aromatic heterocycles. The summed E-state index contributed by atoms with van der Waals surface area (Å²) in [4.78, 5) is 11.1. The van der Waals surface area contributed by atoms with Crippen molar-refractivity contribution in [3.63, 3.8) is 0 Å². The van der Waals surface area contributed by atoms with Crippen molar-refractivity contribution >= 4 is 16.6 Å². The van der Waals surface area contributed by atoms with Gasteiger partial charge in [-0.3, -0.25) is 9.97 Å². The molecule has 0 saturated carbocycles. The molecule has 0 amide bonds. The number of pyridine rings is 2. The molecule has 116 valence electrons. The van der Waals surface area contributed by atoms with E-state index in [4.69, 9.17) is 4.74 Å². The summed E-state index contributed by atoms with van der Waals surface area (Å²) in [7, 11) is 0. The Morgan fingerprint density at radius 1 is 0.913 bits per heavy atom. The van der Waals surface area contributed by atoms with Crippen LogP contribution >= 0.6 is 0 Å². The summed E-state index contributed by atoms with van der Waals surface area (Å²) in [5.74, 6) is 1.64. The molecule has 0 atom stereocenters. The Morgan fingerprint density at radius 3 is 2.43 bits per heavy atom. The van der Waals surface area contributed by atoms with Crippen molar-refractivity contribution in [2.75, 3.05) is 18.0 Å². The van der Waals surface area contributed by atoms with Crippen LogP contribution in [0.15, 0.2) is 48.8 Å². The first kappa shape index (κ1) is 14.0. The molecular weight excluding hydrogens is 286 g/mol. The second-order valence-corrected chi connectivity index (χ2v) is 5.89. The van der Waals surface area contributed by atoms with Gasteiger partial charge < -0.3 is 9.64 Å². The van der Waals surface area contributed by atoms with Gasteiger partial charge >= 0.3 is 0 Å². The zero-order chi connectivity index (χ0) is 15.6.